The topological polar surface area (TPSA) is 27.7 Å². The predicted octanol–water partition coefficient (Wildman–Crippen LogP) is 3.36. The van der Waals surface area contributed by atoms with E-state index in [1.807, 2.05) is 31.2 Å². The van der Waals surface area contributed by atoms with Crippen LogP contribution in [0.5, 0.6) is 5.75 Å². The lowest BCUT2D eigenvalue weighted by atomic mass is 10.0. The van der Waals surface area contributed by atoms with Gasteiger partial charge in [0.05, 0.1) is 25.5 Å². The van der Waals surface area contributed by atoms with Crippen LogP contribution in [0.4, 0.5) is 4.39 Å². The molecule has 106 valence electrons. The summed E-state index contributed by atoms with van der Waals surface area (Å²) in [5.74, 6) is 0.782. The molecule has 5 heteroatoms. The smallest absolute Gasteiger partial charge is 0.119 e. The molecule has 1 heterocycles. The van der Waals surface area contributed by atoms with E-state index >= 15 is 0 Å². The van der Waals surface area contributed by atoms with E-state index in [1.165, 1.54) is 0 Å². The number of halogens is 2. The molecule has 0 saturated carbocycles. The third-order valence-electron chi connectivity index (χ3n) is 3.04. The summed E-state index contributed by atoms with van der Waals surface area (Å²) in [6, 6.07) is 7.60. The molecule has 0 aromatic heterocycles. The molecular formula is C14H18BrFO3. The van der Waals surface area contributed by atoms with Crippen LogP contribution in [0.25, 0.3) is 0 Å². The summed E-state index contributed by atoms with van der Waals surface area (Å²) in [5.41, 5.74) is -0.541. The number of hydrogen-bond acceptors (Lipinski definition) is 3. The minimum Gasteiger partial charge on any atom is -0.491 e. The van der Waals surface area contributed by atoms with Gasteiger partial charge in [0.1, 0.15) is 18.5 Å². The van der Waals surface area contributed by atoms with Crippen molar-refractivity contribution >= 4 is 15.9 Å². The number of hydrogen-bond donors (Lipinski definition) is 0. The SMILES string of the molecule is C[C@]1(CCF)COCC(COc2ccc(Br)cc2)O1. The summed E-state index contributed by atoms with van der Waals surface area (Å²) >= 11 is 3.37. The van der Waals surface area contributed by atoms with E-state index < -0.39 is 12.3 Å². The first-order chi connectivity index (χ1) is 9.11. The van der Waals surface area contributed by atoms with Crippen molar-refractivity contribution in [2.75, 3.05) is 26.5 Å². The van der Waals surface area contributed by atoms with Crippen LogP contribution >= 0.6 is 15.9 Å². The Kier molecular flexibility index (Phi) is 5.19. The lowest BCUT2D eigenvalue weighted by Gasteiger charge is -2.37. The summed E-state index contributed by atoms with van der Waals surface area (Å²) in [6.07, 6.45) is 0.191. The monoisotopic (exact) mass is 332 g/mol. The van der Waals surface area contributed by atoms with Gasteiger partial charge in [-0.05, 0) is 31.2 Å². The molecule has 1 aliphatic heterocycles. The first-order valence-corrected chi connectivity index (χ1v) is 7.10. The Morgan fingerprint density at radius 3 is 2.84 bits per heavy atom. The summed E-state index contributed by atoms with van der Waals surface area (Å²) in [6.45, 7) is 2.80. The average Bonchev–Trinajstić information content (AvgIpc) is 2.38. The molecule has 0 spiro atoms. The molecule has 2 rings (SSSR count). The first-order valence-electron chi connectivity index (χ1n) is 6.31. The maximum atomic E-state index is 12.5. The van der Waals surface area contributed by atoms with Crippen LogP contribution in [0, 0.1) is 0 Å². The molecule has 1 aromatic rings. The van der Waals surface area contributed by atoms with Crippen LogP contribution in [-0.4, -0.2) is 38.2 Å². The zero-order chi connectivity index (χ0) is 13.7. The molecule has 3 nitrogen and oxygen atoms in total. The molecule has 0 bridgehead atoms. The standard InChI is InChI=1S/C14H18BrFO3/c1-14(6-7-16)10-17-8-13(19-14)9-18-12-4-2-11(15)3-5-12/h2-5,13H,6-10H2,1H3/t13?,14-/m0/s1. The van der Waals surface area contributed by atoms with Gasteiger partial charge in [-0.3, -0.25) is 4.39 Å². The Hall–Kier alpha value is -0.650. The Balaban J connectivity index is 1.84. The predicted molar refractivity (Wildman–Crippen MR) is 74.3 cm³/mol. The van der Waals surface area contributed by atoms with Gasteiger partial charge in [0.2, 0.25) is 0 Å². The van der Waals surface area contributed by atoms with Gasteiger partial charge in [-0.1, -0.05) is 15.9 Å². The highest BCUT2D eigenvalue weighted by Gasteiger charge is 2.33. The Morgan fingerprint density at radius 2 is 2.16 bits per heavy atom. The van der Waals surface area contributed by atoms with E-state index in [-0.39, 0.29) is 6.10 Å². The van der Waals surface area contributed by atoms with Crippen LogP contribution in [0.15, 0.2) is 28.7 Å². The fraction of sp³-hybridized carbons (Fsp3) is 0.571. The Morgan fingerprint density at radius 1 is 1.42 bits per heavy atom. The van der Waals surface area contributed by atoms with Gasteiger partial charge in [0.25, 0.3) is 0 Å². The van der Waals surface area contributed by atoms with Crippen molar-refractivity contribution in [1.82, 2.24) is 0 Å². The second kappa shape index (κ2) is 6.68. The van der Waals surface area contributed by atoms with Crippen molar-refractivity contribution < 1.29 is 18.6 Å². The largest absolute Gasteiger partial charge is 0.491 e. The highest BCUT2D eigenvalue weighted by molar-refractivity contribution is 9.10. The molecule has 0 radical (unpaired) electrons. The molecule has 0 amide bonds. The quantitative estimate of drug-likeness (QED) is 0.827. The number of alkyl halides is 1. The van der Waals surface area contributed by atoms with Crippen LogP contribution in [0.2, 0.25) is 0 Å². The fourth-order valence-electron chi connectivity index (χ4n) is 2.01. The Labute approximate surface area is 121 Å². The van der Waals surface area contributed by atoms with Crippen molar-refractivity contribution in [2.24, 2.45) is 0 Å². The molecular weight excluding hydrogens is 315 g/mol. The Bertz CT molecular complexity index is 394. The summed E-state index contributed by atoms with van der Waals surface area (Å²) in [5, 5.41) is 0. The second-order valence-corrected chi connectivity index (χ2v) is 5.82. The van der Waals surface area contributed by atoms with Crippen molar-refractivity contribution in [3.63, 3.8) is 0 Å². The first kappa shape index (κ1) is 14.8. The molecule has 1 fully saturated rings. The zero-order valence-corrected chi connectivity index (χ0v) is 12.5. The third-order valence-corrected chi connectivity index (χ3v) is 3.56. The number of benzene rings is 1. The minimum absolute atomic E-state index is 0.158. The van der Waals surface area contributed by atoms with Gasteiger partial charge in [-0.25, -0.2) is 0 Å². The van der Waals surface area contributed by atoms with E-state index in [4.69, 9.17) is 14.2 Å². The minimum atomic E-state index is -0.541. The van der Waals surface area contributed by atoms with Crippen molar-refractivity contribution in [3.8, 4) is 5.75 Å². The van der Waals surface area contributed by atoms with Gasteiger partial charge in [0.15, 0.2) is 0 Å². The summed E-state index contributed by atoms with van der Waals surface area (Å²) < 4.78 is 30.5. The van der Waals surface area contributed by atoms with Crippen molar-refractivity contribution in [2.45, 2.75) is 25.0 Å². The van der Waals surface area contributed by atoms with Crippen LogP contribution in [0.3, 0.4) is 0 Å². The van der Waals surface area contributed by atoms with Crippen LogP contribution < -0.4 is 4.74 Å². The highest BCUT2D eigenvalue weighted by Crippen LogP contribution is 2.24. The number of ether oxygens (including phenoxy) is 3. The average molecular weight is 333 g/mol. The van der Waals surface area contributed by atoms with E-state index in [1.54, 1.807) is 0 Å². The van der Waals surface area contributed by atoms with Gasteiger partial charge in [-0.2, -0.15) is 0 Å². The molecule has 1 aromatic carbocycles. The van der Waals surface area contributed by atoms with Crippen LogP contribution in [0.1, 0.15) is 13.3 Å². The maximum Gasteiger partial charge on any atom is 0.119 e. The lowest BCUT2D eigenvalue weighted by molar-refractivity contribution is -0.201. The normalized spacial score (nSPS) is 27.2. The third kappa shape index (κ3) is 4.44. The second-order valence-electron chi connectivity index (χ2n) is 4.91. The van der Waals surface area contributed by atoms with Crippen LogP contribution in [-0.2, 0) is 9.47 Å². The molecule has 19 heavy (non-hydrogen) atoms. The van der Waals surface area contributed by atoms with Crippen molar-refractivity contribution in [1.29, 1.82) is 0 Å². The van der Waals surface area contributed by atoms with E-state index in [2.05, 4.69) is 15.9 Å². The van der Waals surface area contributed by atoms with Gasteiger partial charge in [-0.15, -0.1) is 0 Å². The van der Waals surface area contributed by atoms with E-state index in [9.17, 15) is 4.39 Å². The highest BCUT2D eigenvalue weighted by atomic mass is 79.9. The van der Waals surface area contributed by atoms with E-state index in [0.29, 0.717) is 26.2 Å². The summed E-state index contributed by atoms with van der Waals surface area (Å²) in [7, 11) is 0. The number of rotatable bonds is 5. The zero-order valence-electron chi connectivity index (χ0n) is 10.9. The van der Waals surface area contributed by atoms with Gasteiger partial charge < -0.3 is 14.2 Å². The molecule has 0 aliphatic carbocycles. The summed E-state index contributed by atoms with van der Waals surface area (Å²) in [4.78, 5) is 0. The maximum absolute atomic E-state index is 12.5. The van der Waals surface area contributed by atoms with E-state index in [0.717, 1.165) is 10.2 Å². The fourth-order valence-corrected chi connectivity index (χ4v) is 2.27. The van der Waals surface area contributed by atoms with Gasteiger partial charge in [0, 0.05) is 10.9 Å². The molecule has 1 aliphatic rings. The molecule has 1 saturated heterocycles. The van der Waals surface area contributed by atoms with Crippen molar-refractivity contribution in [3.05, 3.63) is 28.7 Å². The molecule has 0 N–H and O–H groups in total. The molecule has 2 atom stereocenters. The van der Waals surface area contributed by atoms with Gasteiger partial charge >= 0.3 is 0 Å². The molecule has 1 unspecified atom stereocenters. The lowest BCUT2D eigenvalue weighted by Crippen LogP contribution is -2.47.